The number of fused-ring (bicyclic) bond motifs is 1. The summed E-state index contributed by atoms with van der Waals surface area (Å²) >= 11 is 0. The molecule has 0 aliphatic carbocycles. The van der Waals surface area contributed by atoms with Gasteiger partial charge in [0, 0.05) is 23.6 Å². The molecule has 3 heteroatoms. The zero-order valence-electron chi connectivity index (χ0n) is 12.8. The van der Waals surface area contributed by atoms with Crippen molar-refractivity contribution in [2.75, 3.05) is 5.32 Å². The average molecular weight is 290 g/mol. The van der Waals surface area contributed by atoms with E-state index in [9.17, 15) is 4.79 Å². The Bertz CT molecular complexity index is 825. The summed E-state index contributed by atoms with van der Waals surface area (Å²) in [6, 6.07) is 18.2. The van der Waals surface area contributed by atoms with Gasteiger partial charge in [0.15, 0.2) is 0 Å². The number of anilines is 1. The third kappa shape index (κ3) is 2.84. The predicted octanol–water partition coefficient (Wildman–Crippen LogP) is 4.42. The Labute approximate surface area is 130 Å². The van der Waals surface area contributed by atoms with Crippen LogP contribution >= 0.6 is 0 Å². The van der Waals surface area contributed by atoms with E-state index in [1.807, 2.05) is 36.4 Å². The number of pyridine rings is 1. The molecule has 1 N–H and O–H groups in total. The maximum Gasteiger partial charge on any atom is 0.221 e. The van der Waals surface area contributed by atoms with Gasteiger partial charge in [0.25, 0.3) is 0 Å². The highest BCUT2D eigenvalue weighted by Gasteiger charge is 2.08. The molecule has 1 amide bonds. The minimum Gasteiger partial charge on any atom is -0.326 e. The highest BCUT2D eigenvalue weighted by Crippen LogP contribution is 2.27. The predicted molar refractivity (Wildman–Crippen MR) is 90.9 cm³/mol. The Morgan fingerprint density at radius 1 is 1.09 bits per heavy atom. The van der Waals surface area contributed by atoms with Crippen LogP contribution < -0.4 is 5.32 Å². The molecular weight excluding hydrogens is 272 g/mol. The number of amides is 1. The third-order valence-electron chi connectivity index (χ3n) is 3.67. The molecule has 0 radical (unpaired) electrons. The summed E-state index contributed by atoms with van der Waals surface area (Å²) < 4.78 is 0. The molecule has 0 aliphatic heterocycles. The number of hydrogen-bond donors (Lipinski definition) is 1. The fourth-order valence-electron chi connectivity index (χ4n) is 2.63. The molecule has 1 aromatic heterocycles. The smallest absolute Gasteiger partial charge is 0.221 e. The molecule has 3 nitrogen and oxygen atoms in total. The van der Waals surface area contributed by atoms with Gasteiger partial charge in [0.2, 0.25) is 5.91 Å². The Hall–Kier alpha value is -2.68. The number of carbonyl (C=O) groups excluding carboxylic acids is 1. The lowest BCUT2D eigenvalue weighted by molar-refractivity contribution is -0.114. The van der Waals surface area contributed by atoms with E-state index < -0.39 is 0 Å². The molecule has 1 heterocycles. The first kappa shape index (κ1) is 14.3. The van der Waals surface area contributed by atoms with E-state index in [4.69, 9.17) is 4.98 Å². The van der Waals surface area contributed by atoms with Crippen LogP contribution in [0.4, 0.5) is 5.69 Å². The average Bonchev–Trinajstić information content (AvgIpc) is 2.54. The van der Waals surface area contributed by atoms with E-state index in [1.165, 1.54) is 12.5 Å². The lowest BCUT2D eigenvalue weighted by atomic mass is 10.0. The molecule has 0 spiro atoms. The second-order valence-corrected chi connectivity index (χ2v) is 5.30. The number of aryl methyl sites for hydroxylation is 1. The van der Waals surface area contributed by atoms with Crippen molar-refractivity contribution in [1.82, 2.24) is 4.98 Å². The summed E-state index contributed by atoms with van der Waals surface area (Å²) in [6.07, 6.45) is 0.919. The van der Waals surface area contributed by atoms with Crippen LogP contribution in [0.5, 0.6) is 0 Å². The maximum absolute atomic E-state index is 11.2. The lowest BCUT2D eigenvalue weighted by Crippen LogP contribution is -2.05. The van der Waals surface area contributed by atoms with Crippen LogP contribution in [0.15, 0.2) is 54.6 Å². The van der Waals surface area contributed by atoms with Crippen LogP contribution in [-0.4, -0.2) is 10.9 Å². The van der Waals surface area contributed by atoms with Crippen LogP contribution in [0.1, 0.15) is 19.4 Å². The second-order valence-electron chi connectivity index (χ2n) is 5.30. The Morgan fingerprint density at radius 3 is 2.55 bits per heavy atom. The molecule has 0 saturated carbocycles. The molecule has 22 heavy (non-hydrogen) atoms. The van der Waals surface area contributed by atoms with E-state index in [-0.39, 0.29) is 5.91 Å². The Morgan fingerprint density at radius 2 is 1.86 bits per heavy atom. The first-order valence-corrected chi connectivity index (χ1v) is 7.44. The SMILES string of the molecule is CCc1cc(-c2ccccc2)nc2ccc(NC(C)=O)cc12. The standard InChI is InChI=1S/C19H18N2O/c1-3-14-11-19(15-7-5-4-6-8-15)21-18-10-9-16(12-17(14)18)20-13(2)22/h4-12H,3H2,1-2H3,(H,20,22). The van der Waals surface area contributed by atoms with E-state index in [0.717, 1.165) is 34.3 Å². The van der Waals surface area contributed by atoms with Gasteiger partial charge in [-0.05, 0) is 36.2 Å². The van der Waals surface area contributed by atoms with Crippen molar-refractivity contribution in [2.24, 2.45) is 0 Å². The fraction of sp³-hybridized carbons (Fsp3) is 0.158. The molecule has 0 saturated heterocycles. The second kappa shape index (κ2) is 5.98. The van der Waals surface area contributed by atoms with Crippen molar-refractivity contribution in [3.05, 3.63) is 60.2 Å². The highest BCUT2D eigenvalue weighted by molar-refractivity contribution is 5.94. The maximum atomic E-state index is 11.2. The summed E-state index contributed by atoms with van der Waals surface area (Å²) in [6.45, 7) is 3.65. The van der Waals surface area contributed by atoms with Crippen molar-refractivity contribution < 1.29 is 4.79 Å². The van der Waals surface area contributed by atoms with Gasteiger partial charge in [-0.15, -0.1) is 0 Å². The van der Waals surface area contributed by atoms with Crippen molar-refractivity contribution in [1.29, 1.82) is 0 Å². The monoisotopic (exact) mass is 290 g/mol. The summed E-state index contributed by atoms with van der Waals surface area (Å²) in [4.78, 5) is 16.0. The summed E-state index contributed by atoms with van der Waals surface area (Å²) in [5, 5.41) is 3.92. The minimum atomic E-state index is -0.0636. The topological polar surface area (TPSA) is 42.0 Å². The van der Waals surface area contributed by atoms with Gasteiger partial charge in [0.1, 0.15) is 0 Å². The van der Waals surface area contributed by atoms with Gasteiger partial charge in [-0.3, -0.25) is 4.79 Å². The fourth-order valence-corrected chi connectivity index (χ4v) is 2.63. The lowest BCUT2D eigenvalue weighted by Gasteiger charge is -2.10. The summed E-state index contributed by atoms with van der Waals surface area (Å²) in [7, 11) is 0. The molecule has 110 valence electrons. The first-order chi connectivity index (χ1) is 10.7. The van der Waals surface area contributed by atoms with Gasteiger partial charge in [-0.2, -0.15) is 0 Å². The van der Waals surface area contributed by atoms with Gasteiger partial charge >= 0.3 is 0 Å². The first-order valence-electron chi connectivity index (χ1n) is 7.44. The van der Waals surface area contributed by atoms with Crippen LogP contribution in [0.25, 0.3) is 22.2 Å². The quantitative estimate of drug-likeness (QED) is 0.775. The molecule has 3 aromatic rings. The van der Waals surface area contributed by atoms with Crippen molar-refractivity contribution in [3.8, 4) is 11.3 Å². The summed E-state index contributed by atoms with van der Waals surface area (Å²) in [5.41, 5.74) is 5.09. The van der Waals surface area contributed by atoms with Gasteiger partial charge in [0.05, 0.1) is 11.2 Å². The number of nitrogens with one attached hydrogen (secondary N) is 1. The highest BCUT2D eigenvalue weighted by atomic mass is 16.1. The number of aromatic nitrogens is 1. The molecule has 0 atom stereocenters. The van der Waals surface area contributed by atoms with Gasteiger partial charge in [-0.25, -0.2) is 4.98 Å². The Balaban J connectivity index is 2.15. The molecule has 3 rings (SSSR count). The molecule has 0 fully saturated rings. The number of rotatable bonds is 3. The van der Waals surface area contributed by atoms with Crippen LogP contribution in [-0.2, 0) is 11.2 Å². The van der Waals surface area contributed by atoms with Crippen molar-refractivity contribution in [2.45, 2.75) is 20.3 Å². The van der Waals surface area contributed by atoms with Gasteiger partial charge < -0.3 is 5.32 Å². The molecular formula is C19H18N2O. The van der Waals surface area contributed by atoms with Crippen LogP contribution in [0.3, 0.4) is 0 Å². The third-order valence-corrected chi connectivity index (χ3v) is 3.67. The minimum absolute atomic E-state index is 0.0636. The van der Waals surface area contributed by atoms with Crippen LogP contribution in [0.2, 0.25) is 0 Å². The number of hydrogen-bond acceptors (Lipinski definition) is 2. The van der Waals surface area contributed by atoms with Crippen molar-refractivity contribution >= 4 is 22.5 Å². The zero-order chi connectivity index (χ0) is 15.5. The number of nitrogens with zero attached hydrogens (tertiary/aromatic N) is 1. The van der Waals surface area contributed by atoms with Crippen LogP contribution in [0, 0.1) is 0 Å². The van der Waals surface area contributed by atoms with E-state index in [2.05, 4.69) is 30.4 Å². The molecule has 0 bridgehead atoms. The largest absolute Gasteiger partial charge is 0.326 e. The van der Waals surface area contributed by atoms with Gasteiger partial charge in [-0.1, -0.05) is 37.3 Å². The molecule has 0 unspecified atom stereocenters. The number of benzene rings is 2. The summed E-state index contributed by atoms with van der Waals surface area (Å²) in [5.74, 6) is -0.0636. The molecule has 2 aromatic carbocycles. The Kier molecular flexibility index (Phi) is 3.88. The zero-order valence-corrected chi connectivity index (χ0v) is 12.8. The molecule has 0 aliphatic rings. The van der Waals surface area contributed by atoms with E-state index in [0.29, 0.717) is 0 Å². The number of carbonyl (C=O) groups is 1. The van der Waals surface area contributed by atoms with E-state index in [1.54, 1.807) is 0 Å². The van der Waals surface area contributed by atoms with Crippen molar-refractivity contribution in [3.63, 3.8) is 0 Å². The normalized spacial score (nSPS) is 10.6. The van der Waals surface area contributed by atoms with E-state index >= 15 is 0 Å².